The lowest BCUT2D eigenvalue weighted by atomic mass is 9.68. The maximum Gasteiger partial charge on any atom is 0.415 e. The first-order valence-corrected chi connectivity index (χ1v) is 9.24. The predicted molar refractivity (Wildman–Crippen MR) is 94.2 cm³/mol. The summed E-state index contributed by atoms with van der Waals surface area (Å²) in [4.78, 5) is 22.6. The quantitative estimate of drug-likeness (QED) is 0.337. The van der Waals surface area contributed by atoms with E-state index < -0.39 is 23.2 Å². The van der Waals surface area contributed by atoms with Crippen LogP contribution in [0.4, 0.5) is 9.59 Å². The van der Waals surface area contributed by atoms with Gasteiger partial charge in [-0.15, -0.1) is 0 Å². The summed E-state index contributed by atoms with van der Waals surface area (Å²) in [6, 6.07) is 0. The number of ether oxygens (including phenoxy) is 4. The van der Waals surface area contributed by atoms with E-state index in [0.29, 0.717) is 13.0 Å². The van der Waals surface area contributed by atoms with E-state index in [1.165, 1.54) is 5.57 Å². The number of carbonyl (C=O) groups excluding carboxylic acids is 2. The van der Waals surface area contributed by atoms with Crippen LogP contribution < -0.4 is 5.32 Å². The molecule has 1 aliphatic carbocycles. The van der Waals surface area contributed by atoms with Gasteiger partial charge in [0.2, 0.25) is 0 Å². The number of amides is 2. The van der Waals surface area contributed by atoms with E-state index in [2.05, 4.69) is 26.8 Å². The van der Waals surface area contributed by atoms with Crippen molar-refractivity contribution in [2.45, 2.75) is 69.5 Å². The van der Waals surface area contributed by atoms with E-state index in [-0.39, 0.29) is 23.7 Å². The van der Waals surface area contributed by atoms with Crippen molar-refractivity contribution in [3.63, 3.8) is 0 Å². The standard InChI is InChI=1S/C18H26ClNO6/c1-10(2)5-6-12-17(3,26-12)14-13(23-4)11(7-8-18(14)9-24-18)25-16(22)20-15(19)21/h5,11-14H,6-9H2,1-4H3,(H,20,21,22)/t11-,12-,13-,14-,17+,18+/m1/s1. The molecular formula is C18H26ClNO6. The summed E-state index contributed by atoms with van der Waals surface area (Å²) in [6.45, 7) is 6.85. The molecular weight excluding hydrogens is 362 g/mol. The molecule has 3 rings (SSSR count). The van der Waals surface area contributed by atoms with Gasteiger partial charge in [-0.3, -0.25) is 4.79 Å². The number of methoxy groups -OCH3 is 1. The molecule has 0 aromatic heterocycles. The molecule has 146 valence electrons. The minimum atomic E-state index is -0.974. The zero-order chi connectivity index (χ0) is 19.1. The Kier molecular flexibility index (Phi) is 5.36. The summed E-state index contributed by atoms with van der Waals surface area (Å²) in [5.74, 6) is -0.0613. The smallest absolute Gasteiger partial charge is 0.415 e. The second kappa shape index (κ2) is 7.11. The zero-order valence-corrected chi connectivity index (χ0v) is 16.3. The Morgan fingerprint density at radius 2 is 2.08 bits per heavy atom. The van der Waals surface area contributed by atoms with Gasteiger partial charge < -0.3 is 18.9 Å². The van der Waals surface area contributed by atoms with Gasteiger partial charge in [-0.05, 0) is 51.6 Å². The summed E-state index contributed by atoms with van der Waals surface area (Å²) >= 11 is 5.18. The molecule has 8 heteroatoms. The molecule has 1 saturated carbocycles. The van der Waals surface area contributed by atoms with Crippen molar-refractivity contribution in [2.75, 3.05) is 13.7 Å². The fraction of sp³-hybridized carbons (Fsp3) is 0.778. The Balaban J connectivity index is 1.75. The maximum absolute atomic E-state index is 11.8. The lowest BCUT2D eigenvalue weighted by Crippen LogP contribution is -2.56. The van der Waals surface area contributed by atoms with Crippen LogP contribution in [0.15, 0.2) is 11.6 Å². The van der Waals surface area contributed by atoms with Crippen LogP contribution in [0.25, 0.3) is 0 Å². The number of epoxide rings is 2. The van der Waals surface area contributed by atoms with Gasteiger partial charge in [-0.1, -0.05) is 11.6 Å². The summed E-state index contributed by atoms with van der Waals surface area (Å²) in [7, 11) is 1.59. The molecule has 2 amide bonds. The Morgan fingerprint density at radius 1 is 1.38 bits per heavy atom. The molecule has 6 atom stereocenters. The number of alkyl carbamates (subject to hydrolysis) is 1. The lowest BCUT2D eigenvalue weighted by Gasteiger charge is -2.42. The van der Waals surface area contributed by atoms with E-state index >= 15 is 0 Å². The van der Waals surface area contributed by atoms with Gasteiger partial charge in [-0.2, -0.15) is 0 Å². The highest BCUT2D eigenvalue weighted by atomic mass is 35.5. The van der Waals surface area contributed by atoms with Crippen molar-refractivity contribution in [3.8, 4) is 0 Å². The number of rotatable bonds is 5. The largest absolute Gasteiger partial charge is 0.443 e. The number of allylic oxidation sites excluding steroid dienone is 1. The predicted octanol–water partition coefficient (Wildman–Crippen LogP) is 3.15. The van der Waals surface area contributed by atoms with Crippen LogP contribution in [0, 0.1) is 5.92 Å². The van der Waals surface area contributed by atoms with Crippen molar-refractivity contribution in [1.82, 2.24) is 5.32 Å². The molecule has 0 bridgehead atoms. The van der Waals surface area contributed by atoms with Crippen molar-refractivity contribution < 1.29 is 28.5 Å². The van der Waals surface area contributed by atoms with Gasteiger partial charge in [0.05, 0.1) is 18.6 Å². The van der Waals surface area contributed by atoms with Crippen LogP contribution in [0.1, 0.15) is 40.0 Å². The molecule has 0 aromatic carbocycles. The third-order valence-corrected chi connectivity index (χ3v) is 5.79. The van der Waals surface area contributed by atoms with E-state index in [9.17, 15) is 9.59 Å². The first-order chi connectivity index (χ1) is 12.2. The number of hydrogen-bond donors (Lipinski definition) is 1. The highest BCUT2D eigenvalue weighted by Gasteiger charge is 2.72. The maximum atomic E-state index is 11.8. The van der Waals surface area contributed by atoms with Crippen LogP contribution in [0.2, 0.25) is 0 Å². The molecule has 3 fully saturated rings. The van der Waals surface area contributed by atoms with Crippen molar-refractivity contribution in [1.29, 1.82) is 0 Å². The van der Waals surface area contributed by atoms with Crippen LogP contribution in [0.3, 0.4) is 0 Å². The average Bonchev–Trinajstić information content (AvgIpc) is 3.44. The molecule has 0 unspecified atom stereocenters. The Labute approximate surface area is 158 Å². The molecule has 26 heavy (non-hydrogen) atoms. The van der Waals surface area contributed by atoms with Crippen LogP contribution in [0.5, 0.6) is 0 Å². The molecule has 1 N–H and O–H groups in total. The number of nitrogens with one attached hydrogen (secondary N) is 1. The summed E-state index contributed by atoms with van der Waals surface area (Å²) < 4.78 is 23.1. The van der Waals surface area contributed by atoms with Gasteiger partial charge >= 0.3 is 11.5 Å². The highest BCUT2D eigenvalue weighted by molar-refractivity contribution is 6.64. The minimum absolute atomic E-state index is 0.0613. The van der Waals surface area contributed by atoms with Gasteiger partial charge in [0.15, 0.2) is 0 Å². The number of carbonyl (C=O) groups is 2. The van der Waals surface area contributed by atoms with Crippen LogP contribution >= 0.6 is 11.6 Å². The van der Waals surface area contributed by atoms with Gasteiger partial charge in [0.25, 0.3) is 0 Å². The molecule has 7 nitrogen and oxygen atoms in total. The van der Waals surface area contributed by atoms with Gasteiger partial charge in [0, 0.05) is 7.11 Å². The van der Waals surface area contributed by atoms with E-state index in [1.54, 1.807) is 7.11 Å². The molecule has 0 radical (unpaired) electrons. The molecule has 3 aliphatic rings. The number of hydrogen-bond acceptors (Lipinski definition) is 6. The summed E-state index contributed by atoms with van der Waals surface area (Å²) in [5, 5.41) is 0.947. The monoisotopic (exact) mass is 387 g/mol. The minimum Gasteiger partial charge on any atom is -0.443 e. The fourth-order valence-electron chi connectivity index (χ4n) is 4.32. The Hall–Kier alpha value is -1.15. The number of halogens is 1. The second-order valence-corrected chi connectivity index (χ2v) is 8.06. The number of imide groups is 1. The van der Waals surface area contributed by atoms with Crippen LogP contribution in [-0.2, 0) is 18.9 Å². The Morgan fingerprint density at radius 3 is 2.62 bits per heavy atom. The Bertz CT molecular complexity index is 615. The summed E-state index contributed by atoms with van der Waals surface area (Å²) in [6.07, 6.45) is 2.66. The van der Waals surface area contributed by atoms with E-state index in [4.69, 9.17) is 30.5 Å². The molecule has 2 aliphatic heterocycles. The SMILES string of the molecule is CO[C@@H]1[C@H](OC(=O)NC(=O)Cl)CC[C@]2(CO2)[C@H]1[C@@]1(C)O[C@@H]1CC=C(C)C. The molecule has 1 spiro atoms. The third kappa shape index (κ3) is 3.76. The third-order valence-electron chi connectivity index (χ3n) is 5.70. The van der Waals surface area contributed by atoms with Crippen molar-refractivity contribution in [3.05, 3.63) is 11.6 Å². The van der Waals surface area contributed by atoms with Crippen molar-refractivity contribution in [2.24, 2.45) is 5.92 Å². The molecule has 0 aromatic rings. The zero-order valence-electron chi connectivity index (χ0n) is 15.5. The fourth-order valence-corrected chi connectivity index (χ4v) is 4.39. The van der Waals surface area contributed by atoms with Gasteiger partial charge in [-0.25, -0.2) is 10.1 Å². The normalized spacial score (nSPS) is 40.7. The van der Waals surface area contributed by atoms with Crippen molar-refractivity contribution >= 4 is 23.1 Å². The summed E-state index contributed by atoms with van der Waals surface area (Å²) in [5.41, 5.74) is 0.563. The average molecular weight is 388 g/mol. The first-order valence-electron chi connectivity index (χ1n) is 8.87. The van der Waals surface area contributed by atoms with Gasteiger partial charge in [0.1, 0.15) is 23.4 Å². The molecule has 2 heterocycles. The highest BCUT2D eigenvalue weighted by Crippen LogP contribution is 2.59. The van der Waals surface area contributed by atoms with E-state index in [0.717, 1.165) is 12.8 Å². The second-order valence-electron chi connectivity index (χ2n) is 7.72. The topological polar surface area (TPSA) is 89.7 Å². The van der Waals surface area contributed by atoms with Crippen LogP contribution in [-0.4, -0.2) is 54.7 Å². The molecule has 2 saturated heterocycles. The lowest BCUT2D eigenvalue weighted by molar-refractivity contribution is -0.117. The first kappa shape index (κ1) is 19.6. The van der Waals surface area contributed by atoms with E-state index in [1.807, 2.05) is 5.32 Å².